The standard InChI is InChI=1S/C30H26N2O5S/c1-4-37-29(34)25-26(19-11-7-5-8-12-19)31-30-32(27(25)20-13-9-6-10-14-20)28(33)24(38-30)18-21-17-22(35-2)15-16-23(21)36-3/h5-18,27H,4H2,1-3H3/b24-18-/t27-/m1/s1. The van der Waals surface area contributed by atoms with Crippen molar-refractivity contribution in [2.24, 2.45) is 4.99 Å². The molecule has 5 rings (SSSR count). The molecule has 3 aromatic carbocycles. The molecule has 4 aromatic rings. The van der Waals surface area contributed by atoms with E-state index >= 15 is 0 Å². The Morgan fingerprint density at radius 1 is 1.00 bits per heavy atom. The van der Waals surface area contributed by atoms with Crippen molar-refractivity contribution in [2.75, 3.05) is 20.8 Å². The van der Waals surface area contributed by atoms with Crippen LogP contribution in [0.3, 0.4) is 0 Å². The summed E-state index contributed by atoms with van der Waals surface area (Å²) in [6.45, 7) is 1.96. The predicted octanol–water partition coefficient (Wildman–Crippen LogP) is 3.95. The SMILES string of the molecule is CCOC(=O)C1=C(c2ccccc2)N=c2s/c(=C\c3cc(OC)ccc3OC)c(=O)n2[C@@H]1c1ccccc1. The molecule has 1 atom stereocenters. The Kier molecular flexibility index (Phi) is 7.24. The largest absolute Gasteiger partial charge is 0.497 e. The van der Waals surface area contributed by atoms with E-state index in [1.165, 1.54) is 11.3 Å². The maximum absolute atomic E-state index is 14.0. The van der Waals surface area contributed by atoms with Crippen molar-refractivity contribution in [3.05, 3.63) is 121 Å². The van der Waals surface area contributed by atoms with Crippen molar-refractivity contribution in [1.82, 2.24) is 4.57 Å². The van der Waals surface area contributed by atoms with E-state index in [4.69, 9.17) is 19.2 Å². The minimum absolute atomic E-state index is 0.200. The fourth-order valence-electron chi connectivity index (χ4n) is 4.48. The van der Waals surface area contributed by atoms with Gasteiger partial charge in [-0.3, -0.25) is 9.36 Å². The van der Waals surface area contributed by atoms with Gasteiger partial charge >= 0.3 is 5.97 Å². The Morgan fingerprint density at radius 2 is 1.71 bits per heavy atom. The van der Waals surface area contributed by atoms with Gasteiger partial charge in [0.05, 0.1) is 42.7 Å². The molecule has 1 aliphatic rings. The smallest absolute Gasteiger partial charge is 0.338 e. The van der Waals surface area contributed by atoms with Crippen molar-refractivity contribution in [2.45, 2.75) is 13.0 Å². The normalized spacial score (nSPS) is 15.0. The number of carbonyl (C=O) groups excluding carboxylic acids is 1. The summed E-state index contributed by atoms with van der Waals surface area (Å²) in [5.74, 6) is 0.740. The molecule has 7 nitrogen and oxygen atoms in total. The lowest BCUT2D eigenvalue weighted by Crippen LogP contribution is -2.40. The van der Waals surface area contributed by atoms with Crippen LogP contribution in [0.4, 0.5) is 0 Å². The first-order chi connectivity index (χ1) is 18.5. The molecule has 0 unspecified atom stereocenters. The van der Waals surface area contributed by atoms with Gasteiger partial charge in [-0.1, -0.05) is 72.0 Å². The Bertz CT molecular complexity index is 1690. The van der Waals surface area contributed by atoms with E-state index in [0.717, 1.165) is 11.1 Å². The average molecular weight is 527 g/mol. The number of nitrogens with zero attached hydrogens (tertiary/aromatic N) is 2. The number of hydrogen-bond donors (Lipinski definition) is 0. The Hall–Kier alpha value is -4.43. The minimum Gasteiger partial charge on any atom is -0.497 e. The Labute approximate surface area is 223 Å². The van der Waals surface area contributed by atoms with Gasteiger partial charge in [-0.15, -0.1) is 0 Å². The first kappa shape index (κ1) is 25.2. The van der Waals surface area contributed by atoms with Crippen LogP contribution in [0.1, 0.15) is 29.7 Å². The van der Waals surface area contributed by atoms with Gasteiger partial charge in [0.2, 0.25) is 0 Å². The monoisotopic (exact) mass is 526 g/mol. The highest BCUT2D eigenvalue weighted by molar-refractivity contribution is 7.07. The van der Waals surface area contributed by atoms with Crippen molar-refractivity contribution in [1.29, 1.82) is 0 Å². The quantitative estimate of drug-likeness (QED) is 0.341. The van der Waals surface area contributed by atoms with Crippen LogP contribution in [0.5, 0.6) is 11.5 Å². The first-order valence-electron chi connectivity index (χ1n) is 12.1. The fourth-order valence-corrected chi connectivity index (χ4v) is 5.48. The predicted molar refractivity (Wildman–Crippen MR) is 147 cm³/mol. The number of hydrogen-bond acceptors (Lipinski definition) is 7. The van der Waals surface area contributed by atoms with E-state index in [1.807, 2.05) is 66.7 Å². The number of carbonyl (C=O) groups is 1. The molecule has 0 amide bonds. The summed E-state index contributed by atoms with van der Waals surface area (Å²) >= 11 is 1.26. The number of esters is 1. The highest BCUT2D eigenvalue weighted by Gasteiger charge is 2.35. The van der Waals surface area contributed by atoms with Crippen molar-refractivity contribution >= 4 is 29.1 Å². The molecule has 2 heterocycles. The number of thiazole rings is 1. The van der Waals surface area contributed by atoms with Gasteiger partial charge in [-0.05, 0) is 36.8 Å². The summed E-state index contributed by atoms with van der Waals surface area (Å²) in [4.78, 5) is 32.8. The molecule has 0 saturated carbocycles. The zero-order chi connectivity index (χ0) is 26.6. The lowest BCUT2D eigenvalue weighted by molar-refractivity contribution is -0.138. The van der Waals surface area contributed by atoms with Gasteiger partial charge in [0.15, 0.2) is 4.80 Å². The van der Waals surface area contributed by atoms with Gasteiger partial charge in [0.1, 0.15) is 11.5 Å². The third kappa shape index (κ3) is 4.66. The summed E-state index contributed by atoms with van der Waals surface area (Å²) in [6.07, 6.45) is 1.77. The second kappa shape index (κ2) is 10.9. The van der Waals surface area contributed by atoms with E-state index < -0.39 is 12.0 Å². The van der Waals surface area contributed by atoms with Crippen molar-refractivity contribution < 1.29 is 19.0 Å². The summed E-state index contributed by atoms with van der Waals surface area (Å²) in [5, 5.41) is 0. The highest BCUT2D eigenvalue weighted by atomic mass is 32.1. The summed E-state index contributed by atoms with van der Waals surface area (Å²) in [5.41, 5.74) is 2.80. The van der Waals surface area contributed by atoms with Gasteiger partial charge < -0.3 is 14.2 Å². The summed E-state index contributed by atoms with van der Waals surface area (Å²) in [6, 6.07) is 23.6. The van der Waals surface area contributed by atoms with E-state index in [2.05, 4.69) is 0 Å². The third-order valence-electron chi connectivity index (χ3n) is 6.21. The summed E-state index contributed by atoms with van der Waals surface area (Å²) < 4.78 is 18.4. The molecule has 0 N–H and O–H groups in total. The number of ether oxygens (including phenoxy) is 3. The second-order valence-corrected chi connectivity index (χ2v) is 9.46. The lowest BCUT2D eigenvalue weighted by Gasteiger charge is -2.25. The van der Waals surface area contributed by atoms with Crippen LogP contribution in [0.2, 0.25) is 0 Å². The lowest BCUT2D eigenvalue weighted by atomic mass is 9.93. The second-order valence-electron chi connectivity index (χ2n) is 8.45. The average Bonchev–Trinajstić information content (AvgIpc) is 3.27. The van der Waals surface area contributed by atoms with Crippen LogP contribution in [0.25, 0.3) is 11.8 Å². The van der Waals surface area contributed by atoms with Crippen LogP contribution in [-0.4, -0.2) is 31.4 Å². The van der Waals surface area contributed by atoms with E-state index in [1.54, 1.807) is 43.9 Å². The number of aromatic nitrogens is 1. The van der Waals surface area contributed by atoms with Crippen molar-refractivity contribution in [3.8, 4) is 11.5 Å². The number of methoxy groups -OCH3 is 2. The van der Waals surface area contributed by atoms with Gasteiger partial charge in [0.25, 0.3) is 5.56 Å². The van der Waals surface area contributed by atoms with Crippen LogP contribution >= 0.6 is 11.3 Å². The molecular formula is C30H26N2O5S. The molecule has 0 bridgehead atoms. The van der Waals surface area contributed by atoms with Gasteiger partial charge in [-0.2, -0.15) is 0 Å². The molecule has 0 radical (unpaired) electrons. The number of rotatable bonds is 7. The van der Waals surface area contributed by atoms with E-state index in [-0.39, 0.29) is 12.2 Å². The molecule has 192 valence electrons. The molecule has 1 aliphatic heterocycles. The summed E-state index contributed by atoms with van der Waals surface area (Å²) in [7, 11) is 3.16. The maximum atomic E-state index is 14.0. The molecule has 0 fully saturated rings. The van der Waals surface area contributed by atoms with Gasteiger partial charge in [-0.25, -0.2) is 9.79 Å². The Morgan fingerprint density at radius 3 is 2.37 bits per heavy atom. The zero-order valence-electron chi connectivity index (χ0n) is 21.2. The van der Waals surface area contributed by atoms with Gasteiger partial charge in [0, 0.05) is 11.1 Å². The molecule has 38 heavy (non-hydrogen) atoms. The molecule has 0 saturated heterocycles. The topological polar surface area (TPSA) is 79.1 Å². The van der Waals surface area contributed by atoms with Crippen LogP contribution in [0.15, 0.2) is 94.2 Å². The molecule has 1 aromatic heterocycles. The zero-order valence-corrected chi connectivity index (χ0v) is 22.0. The van der Waals surface area contributed by atoms with Crippen LogP contribution in [-0.2, 0) is 9.53 Å². The maximum Gasteiger partial charge on any atom is 0.338 e. The third-order valence-corrected chi connectivity index (χ3v) is 7.20. The van der Waals surface area contributed by atoms with Crippen LogP contribution < -0.4 is 24.4 Å². The molecule has 8 heteroatoms. The van der Waals surface area contributed by atoms with Crippen LogP contribution in [0, 0.1) is 0 Å². The number of fused-ring (bicyclic) bond motifs is 1. The number of benzene rings is 3. The van der Waals surface area contributed by atoms with E-state index in [9.17, 15) is 9.59 Å². The van der Waals surface area contributed by atoms with Crippen molar-refractivity contribution in [3.63, 3.8) is 0 Å². The van der Waals surface area contributed by atoms with E-state index in [0.29, 0.717) is 37.7 Å². The first-order valence-corrected chi connectivity index (χ1v) is 12.9. The fraction of sp³-hybridized carbons (Fsp3) is 0.167. The highest BCUT2D eigenvalue weighted by Crippen LogP contribution is 2.35. The molecular weight excluding hydrogens is 500 g/mol. The minimum atomic E-state index is -0.712. The molecule has 0 aliphatic carbocycles. The Balaban J connectivity index is 1.82. The molecule has 0 spiro atoms.